The van der Waals surface area contributed by atoms with Crippen LogP contribution in [0.5, 0.6) is 11.5 Å². The van der Waals surface area contributed by atoms with Crippen molar-refractivity contribution in [3.63, 3.8) is 0 Å². The minimum absolute atomic E-state index is 0.116. The smallest absolute Gasteiger partial charge is 0.434 e. The summed E-state index contributed by atoms with van der Waals surface area (Å²) in [5, 5.41) is 6.00. The number of benzene rings is 1. The lowest BCUT2D eigenvalue weighted by molar-refractivity contribution is -0.143. The molecule has 2 N–H and O–H groups in total. The van der Waals surface area contributed by atoms with Crippen LogP contribution in [0, 0.1) is 12.7 Å². The maximum absolute atomic E-state index is 15.0. The van der Waals surface area contributed by atoms with E-state index in [2.05, 4.69) is 25.4 Å². The van der Waals surface area contributed by atoms with E-state index in [-0.39, 0.29) is 34.7 Å². The molecule has 0 saturated carbocycles. The molecule has 5 rings (SSSR count). The number of alkyl halides is 3. The van der Waals surface area contributed by atoms with E-state index in [4.69, 9.17) is 4.74 Å². The number of hydrogen-bond acceptors (Lipinski definition) is 6. The Kier molecular flexibility index (Phi) is 6.61. The van der Waals surface area contributed by atoms with Crippen LogP contribution in [-0.2, 0) is 6.18 Å². The molecule has 4 heterocycles. The van der Waals surface area contributed by atoms with Crippen LogP contribution < -0.4 is 15.7 Å². The summed E-state index contributed by atoms with van der Waals surface area (Å²) >= 11 is 0. The molecule has 14 heteroatoms. The molecule has 0 unspecified atom stereocenters. The highest BCUT2D eigenvalue weighted by Gasteiger charge is 2.41. The van der Waals surface area contributed by atoms with Crippen molar-refractivity contribution >= 4 is 22.8 Å². The summed E-state index contributed by atoms with van der Waals surface area (Å²) < 4.78 is 64.6. The first-order chi connectivity index (χ1) is 18.9. The Bertz CT molecular complexity index is 1800. The third-order valence-corrected chi connectivity index (χ3v) is 5.87. The Morgan fingerprint density at radius 3 is 2.58 bits per heavy atom. The number of hydrogen-bond donors (Lipinski definition) is 2. The number of nitrogens with zero attached hydrogens (tertiary/aromatic N) is 5. The average molecular weight is 555 g/mol. The minimum Gasteiger partial charge on any atom is -0.452 e. The van der Waals surface area contributed by atoms with Gasteiger partial charge in [0.1, 0.15) is 5.52 Å². The van der Waals surface area contributed by atoms with E-state index in [0.29, 0.717) is 15.9 Å². The number of nitrogens with one attached hydrogen (secondary N) is 2. The first-order valence-corrected chi connectivity index (χ1v) is 11.9. The van der Waals surface area contributed by atoms with Crippen molar-refractivity contribution in [3.8, 4) is 17.3 Å². The molecule has 0 saturated heterocycles. The molecule has 40 heavy (non-hydrogen) atoms. The number of halogens is 4. The van der Waals surface area contributed by atoms with Gasteiger partial charge in [-0.15, -0.1) is 0 Å². The summed E-state index contributed by atoms with van der Waals surface area (Å²) in [6, 6.07) is 9.03. The van der Waals surface area contributed by atoms with Crippen LogP contribution in [0.1, 0.15) is 41.6 Å². The first kappa shape index (κ1) is 26.6. The molecule has 206 valence electrons. The Morgan fingerprint density at radius 1 is 1.12 bits per heavy atom. The van der Waals surface area contributed by atoms with Crippen molar-refractivity contribution in [1.82, 2.24) is 29.3 Å². The monoisotopic (exact) mass is 555 g/mol. The lowest BCUT2D eigenvalue weighted by Crippen LogP contribution is -2.21. The van der Waals surface area contributed by atoms with Gasteiger partial charge in [0.05, 0.1) is 11.8 Å². The Hall–Kier alpha value is -5.01. The molecule has 4 aromatic heterocycles. The summed E-state index contributed by atoms with van der Waals surface area (Å²) in [5.41, 5.74) is -1.58. The van der Waals surface area contributed by atoms with Crippen molar-refractivity contribution in [3.05, 3.63) is 88.1 Å². The fourth-order valence-electron chi connectivity index (χ4n) is 4.18. The third-order valence-electron chi connectivity index (χ3n) is 5.87. The van der Waals surface area contributed by atoms with Gasteiger partial charge in [-0.1, -0.05) is 6.07 Å². The lowest BCUT2D eigenvalue weighted by atomic mass is 10.2. The zero-order chi connectivity index (χ0) is 28.8. The first-order valence-electron chi connectivity index (χ1n) is 11.9. The molecule has 0 bridgehead atoms. The normalized spacial score (nSPS) is 11.8. The molecule has 10 nitrogen and oxygen atoms in total. The molecule has 1 amide bonds. The van der Waals surface area contributed by atoms with Gasteiger partial charge in [0, 0.05) is 35.8 Å². The highest BCUT2D eigenvalue weighted by atomic mass is 19.4. The number of aromatic nitrogens is 6. The number of pyridine rings is 2. The van der Waals surface area contributed by atoms with Crippen LogP contribution >= 0.6 is 0 Å². The Balaban J connectivity index is 1.43. The highest BCUT2D eigenvalue weighted by molar-refractivity contribution is 6.05. The van der Waals surface area contributed by atoms with Crippen molar-refractivity contribution < 1.29 is 27.1 Å². The standard InChI is InChI=1S/C26H21F4N7O3/c1-13(2)36-21-19(9-10-31-23(21)35-25(36)39)40-18-8-7-15(11-17(18)27)34-24(38)16-12-32-37(22(16)26(28,29)30)20-6-4-5-14(3)33-20/h4-13H,1-3H3,(H,34,38)(H,31,35,39). The van der Waals surface area contributed by atoms with Gasteiger partial charge in [0.25, 0.3) is 5.91 Å². The SMILES string of the molecule is Cc1cccc(-n2ncc(C(=O)Nc3ccc(Oc4ccnc5[nH]c(=O)n(C(C)C)c45)c(F)c3)c2C(F)(F)F)n1. The molecule has 0 atom stereocenters. The number of carbonyl (C=O) groups is 1. The van der Waals surface area contributed by atoms with Gasteiger partial charge in [-0.25, -0.2) is 23.8 Å². The zero-order valence-electron chi connectivity index (χ0n) is 21.2. The third kappa shape index (κ3) is 4.90. The van der Waals surface area contributed by atoms with Gasteiger partial charge >= 0.3 is 11.9 Å². The predicted molar refractivity (Wildman–Crippen MR) is 136 cm³/mol. The van der Waals surface area contributed by atoms with Gasteiger partial charge in [-0.05, 0) is 45.0 Å². The average Bonchev–Trinajstić information content (AvgIpc) is 3.47. The van der Waals surface area contributed by atoms with Crippen LogP contribution in [0.25, 0.3) is 17.0 Å². The summed E-state index contributed by atoms with van der Waals surface area (Å²) in [6.45, 7) is 5.18. The fourth-order valence-corrected chi connectivity index (χ4v) is 4.18. The fraction of sp³-hybridized carbons (Fsp3) is 0.192. The lowest BCUT2D eigenvalue weighted by Gasteiger charge is -2.14. The number of ether oxygens (including phenoxy) is 1. The molecule has 0 spiro atoms. The minimum atomic E-state index is -4.94. The van der Waals surface area contributed by atoms with Crippen molar-refractivity contribution in [2.45, 2.75) is 33.0 Å². The van der Waals surface area contributed by atoms with E-state index in [1.54, 1.807) is 26.8 Å². The molecule has 0 fully saturated rings. The summed E-state index contributed by atoms with van der Waals surface area (Å²) in [7, 11) is 0. The van der Waals surface area contributed by atoms with E-state index in [0.717, 1.165) is 12.3 Å². The van der Waals surface area contributed by atoms with Gasteiger partial charge in [-0.3, -0.25) is 14.3 Å². The second-order valence-electron chi connectivity index (χ2n) is 9.06. The zero-order valence-corrected chi connectivity index (χ0v) is 21.2. The van der Waals surface area contributed by atoms with E-state index in [1.807, 2.05) is 0 Å². The highest BCUT2D eigenvalue weighted by Crippen LogP contribution is 2.35. The summed E-state index contributed by atoms with van der Waals surface area (Å²) in [4.78, 5) is 35.9. The molecular weight excluding hydrogens is 534 g/mol. The number of aryl methyl sites for hydroxylation is 1. The van der Waals surface area contributed by atoms with Crippen molar-refractivity contribution in [1.29, 1.82) is 0 Å². The van der Waals surface area contributed by atoms with Crippen molar-refractivity contribution in [2.24, 2.45) is 0 Å². The van der Waals surface area contributed by atoms with E-state index in [9.17, 15) is 22.8 Å². The maximum atomic E-state index is 15.0. The van der Waals surface area contributed by atoms with E-state index >= 15 is 4.39 Å². The number of fused-ring (bicyclic) bond motifs is 1. The second-order valence-corrected chi connectivity index (χ2v) is 9.06. The van der Waals surface area contributed by atoms with E-state index in [1.165, 1.54) is 41.1 Å². The molecule has 5 aromatic rings. The molecule has 1 aromatic carbocycles. The Labute approximate surface area is 223 Å². The number of rotatable bonds is 6. The van der Waals surface area contributed by atoms with Crippen LogP contribution in [0.15, 0.2) is 59.7 Å². The van der Waals surface area contributed by atoms with E-state index < -0.39 is 34.8 Å². The van der Waals surface area contributed by atoms with Crippen LogP contribution in [0.3, 0.4) is 0 Å². The number of anilines is 1. The second kappa shape index (κ2) is 9.94. The van der Waals surface area contributed by atoms with Crippen LogP contribution in [0.4, 0.5) is 23.2 Å². The molecular formula is C26H21F4N7O3. The van der Waals surface area contributed by atoms with Gasteiger partial charge in [-0.2, -0.15) is 18.3 Å². The van der Waals surface area contributed by atoms with Gasteiger partial charge < -0.3 is 10.1 Å². The molecule has 0 aliphatic rings. The quantitative estimate of drug-likeness (QED) is 0.271. The molecule has 0 aliphatic carbocycles. The van der Waals surface area contributed by atoms with Gasteiger partial charge in [0.2, 0.25) is 0 Å². The van der Waals surface area contributed by atoms with Crippen molar-refractivity contribution in [2.75, 3.05) is 5.32 Å². The largest absolute Gasteiger partial charge is 0.452 e. The molecule has 0 radical (unpaired) electrons. The number of aromatic amines is 1. The number of H-pyrrole nitrogens is 1. The Morgan fingerprint density at radius 2 is 1.90 bits per heavy atom. The van der Waals surface area contributed by atoms with Crippen LogP contribution in [-0.4, -0.2) is 35.2 Å². The predicted octanol–water partition coefficient (Wildman–Crippen LogP) is 5.40. The van der Waals surface area contributed by atoms with Crippen LogP contribution in [0.2, 0.25) is 0 Å². The number of imidazole rings is 1. The number of carbonyl (C=O) groups excluding carboxylic acids is 1. The number of amides is 1. The van der Waals surface area contributed by atoms with Gasteiger partial charge in [0.15, 0.2) is 34.5 Å². The molecule has 0 aliphatic heterocycles. The summed E-state index contributed by atoms with van der Waals surface area (Å²) in [6.07, 6.45) is -2.78. The summed E-state index contributed by atoms with van der Waals surface area (Å²) in [5.74, 6) is -2.27. The topological polar surface area (TPSA) is 120 Å². The maximum Gasteiger partial charge on any atom is 0.434 e.